The molecule has 2 N–H and O–H groups in total. The summed E-state index contributed by atoms with van der Waals surface area (Å²) in [6.45, 7) is 4.07. The van der Waals surface area contributed by atoms with Crippen LogP contribution in [0.1, 0.15) is 13.8 Å². The monoisotopic (exact) mass is 210 g/mol. The van der Waals surface area contributed by atoms with Gasteiger partial charge in [-0.25, -0.2) is 4.39 Å². The van der Waals surface area contributed by atoms with Crippen LogP contribution in [0, 0.1) is 5.82 Å². The maximum absolute atomic E-state index is 13.1. The van der Waals surface area contributed by atoms with Gasteiger partial charge in [-0.1, -0.05) is 26.0 Å². The minimum Gasteiger partial charge on any atom is -0.322 e. The molecular weight excluding hydrogens is 195 g/mol. The number of hydrogen-bond donors (Lipinski definition) is 2. The second-order valence-corrected chi connectivity index (χ2v) is 3.56. The van der Waals surface area contributed by atoms with Crippen LogP contribution in [0.2, 0.25) is 0 Å². The molecule has 82 valence electrons. The van der Waals surface area contributed by atoms with Crippen molar-refractivity contribution in [2.24, 2.45) is 0 Å². The van der Waals surface area contributed by atoms with Gasteiger partial charge in [0.15, 0.2) is 0 Å². The summed E-state index contributed by atoms with van der Waals surface area (Å²) in [7, 11) is 0. The Bertz CT molecular complexity index is 339. The van der Waals surface area contributed by atoms with E-state index in [0.717, 1.165) is 0 Å². The standard InChI is InChI=1S/C11H15FN2O/c1-8(2)13-7-11(15)14-10-6-4-3-5-9(10)12/h3-6,8,13H,7H2,1-2H3,(H,14,15). The summed E-state index contributed by atoms with van der Waals surface area (Å²) >= 11 is 0. The molecule has 0 fully saturated rings. The zero-order valence-electron chi connectivity index (χ0n) is 8.88. The van der Waals surface area contributed by atoms with Crippen LogP contribution in [0.25, 0.3) is 0 Å². The number of amides is 1. The van der Waals surface area contributed by atoms with Crippen molar-refractivity contribution in [2.45, 2.75) is 19.9 Å². The van der Waals surface area contributed by atoms with Gasteiger partial charge in [-0.15, -0.1) is 0 Å². The summed E-state index contributed by atoms with van der Waals surface area (Å²) in [5, 5.41) is 5.44. The van der Waals surface area contributed by atoms with Crippen molar-refractivity contribution in [3.8, 4) is 0 Å². The van der Waals surface area contributed by atoms with Gasteiger partial charge in [0.2, 0.25) is 5.91 Å². The van der Waals surface area contributed by atoms with Gasteiger partial charge in [0.05, 0.1) is 12.2 Å². The second kappa shape index (κ2) is 5.46. The van der Waals surface area contributed by atoms with Gasteiger partial charge < -0.3 is 10.6 Å². The summed E-state index contributed by atoms with van der Waals surface area (Å²) in [5.74, 6) is -0.663. The van der Waals surface area contributed by atoms with Crippen molar-refractivity contribution >= 4 is 11.6 Å². The van der Waals surface area contributed by atoms with E-state index in [9.17, 15) is 9.18 Å². The van der Waals surface area contributed by atoms with Crippen LogP contribution in [0.15, 0.2) is 24.3 Å². The maximum atomic E-state index is 13.1. The Hall–Kier alpha value is -1.42. The van der Waals surface area contributed by atoms with Crippen molar-refractivity contribution in [1.82, 2.24) is 5.32 Å². The minimum atomic E-state index is -0.421. The van der Waals surface area contributed by atoms with E-state index in [4.69, 9.17) is 0 Å². The van der Waals surface area contributed by atoms with Gasteiger partial charge in [0.25, 0.3) is 0 Å². The molecule has 0 saturated carbocycles. The molecule has 4 heteroatoms. The largest absolute Gasteiger partial charge is 0.322 e. The molecule has 0 radical (unpaired) electrons. The lowest BCUT2D eigenvalue weighted by Crippen LogP contribution is -2.32. The van der Waals surface area contributed by atoms with Crippen LogP contribution in [-0.2, 0) is 4.79 Å². The summed E-state index contributed by atoms with van der Waals surface area (Å²) in [6.07, 6.45) is 0. The zero-order valence-corrected chi connectivity index (χ0v) is 8.88. The van der Waals surface area contributed by atoms with Crippen LogP contribution >= 0.6 is 0 Å². The van der Waals surface area contributed by atoms with E-state index in [2.05, 4.69) is 10.6 Å². The Labute approximate surface area is 88.7 Å². The summed E-state index contributed by atoms with van der Waals surface area (Å²) in [6, 6.07) is 6.33. The summed E-state index contributed by atoms with van der Waals surface area (Å²) in [5.41, 5.74) is 0.216. The fraction of sp³-hybridized carbons (Fsp3) is 0.364. The zero-order chi connectivity index (χ0) is 11.3. The van der Waals surface area contributed by atoms with Gasteiger partial charge in [-0.3, -0.25) is 4.79 Å². The third-order valence-electron chi connectivity index (χ3n) is 1.82. The molecule has 0 unspecified atom stereocenters. The first-order valence-electron chi connectivity index (χ1n) is 4.87. The van der Waals surface area contributed by atoms with Crippen molar-refractivity contribution in [3.05, 3.63) is 30.1 Å². The van der Waals surface area contributed by atoms with Gasteiger partial charge in [0.1, 0.15) is 5.82 Å². The highest BCUT2D eigenvalue weighted by atomic mass is 19.1. The van der Waals surface area contributed by atoms with Crippen LogP contribution < -0.4 is 10.6 Å². The molecule has 1 amide bonds. The van der Waals surface area contributed by atoms with E-state index in [-0.39, 0.29) is 24.2 Å². The Morgan fingerprint density at radius 3 is 2.67 bits per heavy atom. The Morgan fingerprint density at radius 1 is 1.40 bits per heavy atom. The topological polar surface area (TPSA) is 41.1 Å². The number of rotatable bonds is 4. The first kappa shape index (κ1) is 11.7. The highest BCUT2D eigenvalue weighted by Crippen LogP contribution is 2.11. The van der Waals surface area contributed by atoms with E-state index in [1.54, 1.807) is 12.1 Å². The Kier molecular flexibility index (Phi) is 4.24. The molecule has 0 aliphatic heterocycles. The lowest BCUT2D eigenvalue weighted by Gasteiger charge is -2.09. The molecule has 0 aromatic heterocycles. The SMILES string of the molecule is CC(C)NCC(=O)Nc1ccccc1F. The van der Waals surface area contributed by atoms with Crippen LogP contribution in [0.4, 0.5) is 10.1 Å². The Morgan fingerprint density at radius 2 is 2.07 bits per heavy atom. The van der Waals surface area contributed by atoms with E-state index in [1.807, 2.05) is 13.8 Å². The third-order valence-corrected chi connectivity index (χ3v) is 1.82. The molecule has 1 rings (SSSR count). The van der Waals surface area contributed by atoms with E-state index in [0.29, 0.717) is 0 Å². The molecular formula is C11H15FN2O. The number of halogens is 1. The molecule has 0 aliphatic carbocycles. The predicted molar refractivity (Wildman–Crippen MR) is 58.2 cm³/mol. The van der Waals surface area contributed by atoms with Crippen molar-refractivity contribution in [3.63, 3.8) is 0 Å². The van der Waals surface area contributed by atoms with Crippen LogP contribution in [0.5, 0.6) is 0 Å². The maximum Gasteiger partial charge on any atom is 0.238 e. The van der Waals surface area contributed by atoms with E-state index in [1.165, 1.54) is 12.1 Å². The lowest BCUT2D eigenvalue weighted by atomic mass is 10.3. The van der Waals surface area contributed by atoms with E-state index >= 15 is 0 Å². The lowest BCUT2D eigenvalue weighted by molar-refractivity contribution is -0.115. The molecule has 3 nitrogen and oxygen atoms in total. The molecule has 0 bridgehead atoms. The number of anilines is 1. The molecule has 0 aliphatic rings. The quantitative estimate of drug-likeness (QED) is 0.795. The van der Waals surface area contributed by atoms with Gasteiger partial charge in [0, 0.05) is 6.04 Å². The first-order chi connectivity index (χ1) is 7.09. The number of hydrogen-bond acceptors (Lipinski definition) is 2. The van der Waals surface area contributed by atoms with Crippen LogP contribution in [0.3, 0.4) is 0 Å². The molecule has 1 aromatic rings. The molecule has 0 atom stereocenters. The molecule has 0 spiro atoms. The number of benzene rings is 1. The van der Waals surface area contributed by atoms with Gasteiger partial charge in [-0.2, -0.15) is 0 Å². The molecule has 0 heterocycles. The molecule has 0 saturated heterocycles. The molecule has 1 aromatic carbocycles. The van der Waals surface area contributed by atoms with E-state index < -0.39 is 5.82 Å². The highest BCUT2D eigenvalue weighted by molar-refractivity contribution is 5.92. The number of nitrogens with one attached hydrogen (secondary N) is 2. The highest BCUT2D eigenvalue weighted by Gasteiger charge is 2.05. The average Bonchev–Trinajstić information content (AvgIpc) is 2.18. The average molecular weight is 210 g/mol. The fourth-order valence-electron chi connectivity index (χ4n) is 1.05. The number of carbonyl (C=O) groups excluding carboxylic acids is 1. The van der Waals surface area contributed by atoms with Crippen molar-refractivity contribution in [2.75, 3.05) is 11.9 Å². The normalized spacial score (nSPS) is 10.4. The first-order valence-corrected chi connectivity index (χ1v) is 4.87. The van der Waals surface area contributed by atoms with Crippen molar-refractivity contribution < 1.29 is 9.18 Å². The molecule has 15 heavy (non-hydrogen) atoms. The smallest absolute Gasteiger partial charge is 0.238 e. The van der Waals surface area contributed by atoms with Crippen molar-refractivity contribution in [1.29, 1.82) is 0 Å². The van der Waals surface area contributed by atoms with Gasteiger partial charge in [-0.05, 0) is 12.1 Å². The number of carbonyl (C=O) groups is 1. The minimum absolute atomic E-state index is 0.187. The Balaban J connectivity index is 2.48. The third kappa shape index (κ3) is 4.08. The van der Waals surface area contributed by atoms with Crippen LogP contribution in [-0.4, -0.2) is 18.5 Å². The van der Waals surface area contributed by atoms with Gasteiger partial charge >= 0.3 is 0 Å². The fourth-order valence-corrected chi connectivity index (χ4v) is 1.05. The summed E-state index contributed by atoms with van der Waals surface area (Å²) < 4.78 is 13.1. The predicted octanol–water partition coefficient (Wildman–Crippen LogP) is 1.76. The second-order valence-electron chi connectivity index (χ2n) is 3.56. The summed E-state index contributed by atoms with van der Waals surface area (Å²) in [4.78, 5) is 11.3. The number of para-hydroxylation sites is 1.